The summed E-state index contributed by atoms with van der Waals surface area (Å²) in [4.78, 5) is 16.1. The second-order valence-electron chi connectivity index (χ2n) is 4.26. The average molecular weight is 263 g/mol. The number of rotatable bonds is 5. The fraction of sp³-hybridized carbons (Fsp3) is 0.286. The number of benzene rings is 1. The molecule has 0 spiro atoms. The van der Waals surface area contributed by atoms with Gasteiger partial charge >= 0.3 is 0 Å². The van der Waals surface area contributed by atoms with Gasteiger partial charge in [-0.25, -0.2) is 4.98 Å². The molecular formula is C14H15ClN2O. The average Bonchev–Trinajstić information content (AvgIpc) is 2.75. The minimum absolute atomic E-state index is 0.186. The van der Waals surface area contributed by atoms with E-state index in [1.165, 1.54) is 0 Å². The van der Waals surface area contributed by atoms with Gasteiger partial charge in [0.1, 0.15) is 11.6 Å². The molecule has 3 nitrogen and oxygen atoms in total. The second kappa shape index (κ2) is 5.83. The van der Waals surface area contributed by atoms with Gasteiger partial charge in [0, 0.05) is 43.7 Å². The number of ketones is 1. The summed E-state index contributed by atoms with van der Waals surface area (Å²) in [5, 5.41) is 0.655. The number of carbonyl (C=O) groups is 1. The number of aromatic nitrogens is 2. The maximum absolute atomic E-state index is 11.9. The van der Waals surface area contributed by atoms with Crippen molar-refractivity contribution in [1.82, 2.24) is 9.55 Å². The second-order valence-corrected chi connectivity index (χ2v) is 4.67. The molecule has 0 aliphatic heterocycles. The number of carbonyl (C=O) groups excluding carboxylic acids is 1. The van der Waals surface area contributed by atoms with Crippen LogP contribution in [-0.2, 0) is 24.7 Å². The highest BCUT2D eigenvalue weighted by Gasteiger charge is 2.08. The van der Waals surface area contributed by atoms with Crippen molar-refractivity contribution in [2.75, 3.05) is 0 Å². The number of hydrogen-bond donors (Lipinski definition) is 0. The third-order valence-corrected chi connectivity index (χ3v) is 3.26. The Hall–Kier alpha value is -1.61. The van der Waals surface area contributed by atoms with E-state index in [0.717, 1.165) is 11.4 Å². The van der Waals surface area contributed by atoms with E-state index in [2.05, 4.69) is 4.98 Å². The van der Waals surface area contributed by atoms with Crippen LogP contribution in [0.2, 0.25) is 5.02 Å². The van der Waals surface area contributed by atoms with Crippen LogP contribution < -0.4 is 0 Å². The Labute approximate surface area is 111 Å². The topological polar surface area (TPSA) is 34.9 Å². The number of nitrogens with zero attached hydrogens (tertiary/aromatic N) is 2. The van der Waals surface area contributed by atoms with Crippen molar-refractivity contribution in [3.8, 4) is 0 Å². The summed E-state index contributed by atoms with van der Waals surface area (Å²) in [7, 11) is 1.93. The van der Waals surface area contributed by atoms with Gasteiger partial charge in [-0.3, -0.25) is 4.79 Å². The van der Waals surface area contributed by atoms with E-state index in [-0.39, 0.29) is 5.78 Å². The molecule has 1 heterocycles. The van der Waals surface area contributed by atoms with Crippen LogP contribution in [0.5, 0.6) is 0 Å². The third-order valence-electron chi connectivity index (χ3n) is 2.89. The van der Waals surface area contributed by atoms with Crippen molar-refractivity contribution in [2.24, 2.45) is 7.05 Å². The van der Waals surface area contributed by atoms with Gasteiger partial charge in [0.15, 0.2) is 0 Å². The Kier molecular flexibility index (Phi) is 4.15. The fourth-order valence-corrected chi connectivity index (χ4v) is 2.03. The van der Waals surface area contributed by atoms with E-state index >= 15 is 0 Å². The highest BCUT2D eigenvalue weighted by Crippen LogP contribution is 2.16. The van der Waals surface area contributed by atoms with Gasteiger partial charge in [-0.15, -0.1) is 0 Å². The molecule has 0 aliphatic rings. The normalized spacial score (nSPS) is 10.6. The number of halogens is 1. The molecule has 1 aromatic heterocycles. The molecule has 2 aromatic rings. The minimum Gasteiger partial charge on any atom is -0.338 e. The smallest absolute Gasteiger partial charge is 0.137 e. The lowest BCUT2D eigenvalue weighted by molar-refractivity contribution is -0.118. The third kappa shape index (κ3) is 3.20. The number of imidazole rings is 1. The first-order chi connectivity index (χ1) is 8.66. The summed E-state index contributed by atoms with van der Waals surface area (Å²) in [5.74, 6) is 1.12. The Morgan fingerprint density at radius 3 is 2.83 bits per heavy atom. The van der Waals surface area contributed by atoms with Crippen molar-refractivity contribution in [1.29, 1.82) is 0 Å². The van der Waals surface area contributed by atoms with Crippen molar-refractivity contribution < 1.29 is 4.79 Å². The summed E-state index contributed by atoms with van der Waals surface area (Å²) in [5.41, 5.74) is 0.893. The predicted molar refractivity (Wildman–Crippen MR) is 71.7 cm³/mol. The summed E-state index contributed by atoms with van der Waals surface area (Å²) in [6, 6.07) is 7.46. The summed E-state index contributed by atoms with van der Waals surface area (Å²) in [6.07, 6.45) is 5.19. The van der Waals surface area contributed by atoms with E-state index < -0.39 is 0 Å². The molecule has 0 atom stereocenters. The SMILES string of the molecule is Cn1ccnc1CCC(=O)Cc1ccccc1Cl. The lowest BCUT2D eigenvalue weighted by atomic mass is 10.1. The summed E-state index contributed by atoms with van der Waals surface area (Å²) in [6.45, 7) is 0. The Morgan fingerprint density at radius 1 is 1.39 bits per heavy atom. The number of Topliss-reactive ketones (excluding diaryl/α,β-unsaturated/α-hetero) is 1. The first-order valence-electron chi connectivity index (χ1n) is 5.88. The predicted octanol–water partition coefficient (Wildman–Crippen LogP) is 2.82. The molecule has 2 rings (SSSR count). The first-order valence-corrected chi connectivity index (χ1v) is 6.26. The van der Waals surface area contributed by atoms with Gasteiger partial charge < -0.3 is 4.57 Å². The zero-order valence-electron chi connectivity index (χ0n) is 10.3. The molecule has 0 unspecified atom stereocenters. The highest BCUT2D eigenvalue weighted by molar-refractivity contribution is 6.31. The minimum atomic E-state index is 0.186. The lowest BCUT2D eigenvalue weighted by Crippen LogP contribution is -2.07. The zero-order chi connectivity index (χ0) is 13.0. The summed E-state index contributed by atoms with van der Waals surface area (Å²) < 4.78 is 1.93. The van der Waals surface area contributed by atoms with Crippen molar-refractivity contribution in [2.45, 2.75) is 19.3 Å². The van der Waals surface area contributed by atoms with Crippen LogP contribution in [0.15, 0.2) is 36.7 Å². The Balaban J connectivity index is 1.90. The van der Waals surface area contributed by atoms with Gasteiger partial charge in [-0.2, -0.15) is 0 Å². The van der Waals surface area contributed by atoms with Crippen molar-refractivity contribution in [3.63, 3.8) is 0 Å². The molecule has 0 aliphatic carbocycles. The number of hydrogen-bond acceptors (Lipinski definition) is 2. The summed E-state index contributed by atoms with van der Waals surface area (Å²) >= 11 is 6.02. The van der Waals surface area contributed by atoms with Gasteiger partial charge in [0.2, 0.25) is 0 Å². The monoisotopic (exact) mass is 262 g/mol. The maximum Gasteiger partial charge on any atom is 0.137 e. The van der Waals surface area contributed by atoms with E-state index in [1.54, 1.807) is 6.20 Å². The molecule has 0 saturated carbocycles. The van der Waals surface area contributed by atoms with E-state index in [1.807, 2.05) is 42.1 Å². The molecule has 0 saturated heterocycles. The van der Waals surface area contributed by atoms with Crippen LogP contribution in [0.25, 0.3) is 0 Å². The van der Waals surface area contributed by atoms with Crippen molar-refractivity contribution >= 4 is 17.4 Å². The molecule has 1 aromatic carbocycles. The molecule has 4 heteroatoms. The zero-order valence-corrected chi connectivity index (χ0v) is 11.0. The highest BCUT2D eigenvalue weighted by atomic mass is 35.5. The largest absolute Gasteiger partial charge is 0.338 e. The Morgan fingerprint density at radius 2 is 2.17 bits per heavy atom. The van der Waals surface area contributed by atoms with Gasteiger partial charge in [0.25, 0.3) is 0 Å². The molecule has 0 fully saturated rings. The quantitative estimate of drug-likeness (QED) is 0.831. The lowest BCUT2D eigenvalue weighted by Gasteiger charge is -2.04. The standard InChI is InChI=1S/C14H15ClN2O/c1-17-9-8-16-14(17)7-6-12(18)10-11-4-2-3-5-13(11)15/h2-5,8-9H,6-7,10H2,1H3. The van der Waals surface area contributed by atoms with Crippen LogP contribution in [0, 0.1) is 0 Å². The van der Waals surface area contributed by atoms with E-state index in [0.29, 0.717) is 24.3 Å². The van der Waals surface area contributed by atoms with E-state index in [9.17, 15) is 4.79 Å². The van der Waals surface area contributed by atoms with Crippen LogP contribution >= 0.6 is 11.6 Å². The molecule has 18 heavy (non-hydrogen) atoms. The molecule has 0 radical (unpaired) electrons. The van der Waals surface area contributed by atoms with Crippen LogP contribution in [0.1, 0.15) is 17.8 Å². The first kappa shape index (κ1) is 12.8. The molecular weight excluding hydrogens is 248 g/mol. The molecule has 0 N–H and O–H groups in total. The maximum atomic E-state index is 11.9. The Bertz CT molecular complexity index is 548. The van der Waals surface area contributed by atoms with Gasteiger partial charge in [-0.05, 0) is 11.6 Å². The molecule has 94 valence electrons. The van der Waals surface area contributed by atoms with Crippen LogP contribution in [-0.4, -0.2) is 15.3 Å². The molecule has 0 amide bonds. The van der Waals surface area contributed by atoms with Crippen LogP contribution in [0.4, 0.5) is 0 Å². The molecule has 0 bridgehead atoms. The van der Waals surface area contributed by atoms with Crippen molar-refractivity contribution in [3.05, 3.63) is 53.1 Å². The van der Waals surface area contributed by atoms with E-state index in [4.69, 9.17) is 11.6 Å². The van der Waals surface area contributed by atoms with Crippen LogP contribution in [0.3, 0.4) is 0 Å². The van der Waals surface area contributed by atoms with Gasteiger partial charge in [0.05, 0.1) is 0 Å². The van der Waals surface area contributed by atoms with Gasteiger partial charge in [-0.1, -0.05) is 29.8 Å². The fourth-order valence-electron chi connectivity index (χ4n) is 1.83. The number of aryl methyl sites for hydroxylation is 2.